The van der Waals surface area contributed by atoms with Crippen molar-refractivity contribution in [2.75, 3.05) is 6.54 Å². The van der Waals surface area contributed by atoms with Crippen LogP contribution >= 0.6 is 11.3 Å². The monoisotopic (exact) mass is 473 g/mol. The lowest BCUT2D eigenvalue weighted by molar-refractivity contribution is -0.137. The molecule has 8 heteroatoms. The molecule has 3 aromatic rings. The molecule has 2 N–H and O–H groups in total. The molecule has 174 valence electrons. The SMILES string of the molecule is O=C1NCC2=C1[C@@H](c1cccc3cccnc13)N(C(=O)CCc1nccs1)[C@@H]1CCCC[C@H]1N2. The van der Waals surface area contributed by atoms with Gasteiger partial charge in [0.25, 0.3) is 5.91 Å². The number of aryl methyl sites for hydroxylation is 1. The van der Waals surface area contributed by atoms with Crippen LogP contribution in [0.2, 0.25) is 0 Å². The lowest BCUT2D eigenvalue weighted by atomic mass is 9.86. The molecule has 4 heterocycles. The van der Waals surface area contributed by atoms with Crippen LogP contribution in [0, 0.1) is 0 Å². The molecule has 34 heavy (non-hydrogen) atoms. The summed E-state index contributed by atoms with van der Waals surface area (Å²) in [5.74, 6) is -0.0305. The zero-order chi connectivity index (χ0) is 23.1. The number of nitrogens with zero attached hydrogens (tertiary/aromatic N) is 3. The number of aromatic nitrogens is 2. The van der Waals surface area contributed by atoms with Gasteiger partial charge in [-0.2, -0.15) is 0 Å². The van der Waals surface area contributed by atoms with E-state index in [4.69, 9.17) is 0 Å². The van der Waals surface area contributed by atoms with E-state index in [1.807, 2.05) is 40.6 Å². The Labute approximate surface area is 202 Å². The summed E-state index contributed by atoms with van der Waals surface area (Å²) in [4.78, 5) is 38.3. The van der Waals surface area contributed by atoms with Crippen LogP contribution < -0.4 is 10.6 Å². The predicted octanol–water partition coefficient (Wildman–Crippen LogP) is 3.49. The molecular formula is C26H27N5O2S. The van der Waals surface area contributed by atoms with Crippen molar-refractivity contribution in [3.8, 4) is 0 Å². The third-order valence-electron chi connectivity index (χ3n) is 7.28. The highest BCUT2D eigenvalue weighted by atomic mass is 32.1. The summed E-state index contributed by atoms with van der Waals surface area (Å²) in [6.45, 7) is 0.479. The Morgan fingerprint density at radius 1 is 1.12 bits per heavy atom. The standard InChI is InChI=1S/C26H27N5O2S/c32-22(11-10-21-27-13-14-34-21)31-20-9-2-1-8-18(20)30-19-15-29-26(33)23(19)25(31)17-7-3-5-16-6-4-12-28-24(16)17/h3-7,12-14,18,20,25,30H,1-2,8-11,15H2,(H,29,33)/t18-,20-,25-/m1/s1. The number of carbonyl (C=O) groups excluding carboxylic acids is 2. The van der Waals surface area contributed by atoms with Crippen molar-refractivity contribution in [1.82, 2.24) is 25.5 Å². The molecule has 2 aliphatic heterocycles. The number of fused-ring (bicyclic) bond motifs is 2. The van der Waals surface area contributed by atoms with E-state index < -0.39 is 6.04 Å². The van der Waals surface area contributed by atoms with Gasteiger partial charge in [-0.25, -0.2) is 4.98 Å². The fourth-order valence-electron chi connectivity index (χ4n) is 5.78. The highest BCUT2D eigenvalue weighted by Gasteiger charge is 2.46. The van der Waals surface area contributed by atoms with E-state index in [2.05, 4.69) is 20.6 Å². The number of carbonyl (C=O) groups is 2. The molecule has 0 saturated heterocycles. The van der Waals surface area contributed by atoms with E-state index in [-0.39, 0.29) is 23.9 Å². The van der Waals surface area contributed by atoms with Crippen LogP contribution in [0.15, 0.2) is 59.4 Å². The number of para-hydroxylation sites is 1. The van der Waals surface area contributed by atoms with Gasteiger partial charge in [0.1, 0.15) is 0 Å². The number of thiazole rings is 1. The molecule has 1 aliphatic carbocycles. The summed E-state index contributed by atoms with van der Waals surface area (Å²) in [5.41, 5.74) is 3.34. The van der Waals surface area contributed by atoms with Crippen LogP contribution in [0.1, 0.15) is 48.7 Å². The summed E-state index contributed by atoms with van der Waals surface area (Å²) in [6, 6.07) is 9.71. The Bertz CT molecular complexity index is 1270. The first-order valence-electron chi connectivity index (χ1n) is 12.0. The first-order valence-corrected chi connectivity index (χ1v) is 12.9. The minimum atomic E-state index is -0.472. The van der Waals surface area contributed by atoms with Crippen LogP contribution in [-0.4, -0.2) is 45.3 Å². The molecule has 3 atom stereocenters. The second kappa shape index (κ2) is 8.83. The molecule has 1 fully saturated rings. The van der Waals surface area contributed by atoms with Crippen molar-refractivity contribution in [2.24, 2.45) is 0 Å². The molecule has 0 unspecified atom stereocenters. The lowest BCUT2D eigenvalue weighted by Gasteiger charge is -2.43. The maximum absolute atomic E-state index is 14.0. The fraction of sp³-hybridized carbons (Fsp3) is 0.385. The number of rotatable bonds is 4. The van der Waals surface area contributed by atoms with E-state index in [0.717, 1.165) is 52.9 Å². The van der Waals surface area contributed by atoms with Crippen LogP contribution in [-0.2, 0) is 16.0 Å². The summed E-state index contributed by atoms with van der Waals surface area (Å²) in [7, 11) is 0. The van der Waals surface area contributed by atoms with Gasteiger partial charge in [0.15, 0.2) is 0 Å². The third-order valence-corrected chi connectivity index (χ3v) is 8.12. The molecule has 2 aromatic heterocycles. The fourth-order valence-corrected chi connectivity index (χ4v) is 6.40. The number of hydrogen-bond acceptors (Lipinski definition) is 6. The summed E-state index contributed by atoms with van der Waals surface area (Å²) in [5, 5.41) is 10.6. The summed E-state index contributed by atoms with van der Waals surface area (Å²) < 4.78 is 0. The van der Waals surface area contributed by atoms with E-state index in [1.165, 1.54) is 0 Å². The normalized spacial score (nSPS) is 24.3. The van der Waals surface area contributed by atoms with Crippen LogP contribution in [0.3, 0.4) is 0 Å². The van der Waals surface area contributed by atoms with Gasteiger partial charge in [-0.05, 0) is 18.9 Å². The van der Waals surface area contributed by atoms with Crippen LogP contribution in [0.25, 0.3) is 10.9 Å². The zero-order valence-electron chi connectivity index (χ0n) is 18.9. The lowest BCUT2D eigenvalue weighted by Crippen LogP contribution is -2.53. The van der Waals surface area contributed by atoms with Crippen molar-refractivity contribution in [3.05, 3.63) is 69.9 Å². The quantitative estimate of drug-likeness (QED) is 0.606. The average molecular weight is 474 g/mol. The Morgan fingerprint density at radius 2 is 2.00 bits per heavy atom. The van der Waals surface area contributed by atoms with Crippen molar-refractivity contribution in [3.63, 3.8) is 0 Å². The zero-order valence-corrected chi connectivity index (χ0v) is 19.7. The summed E-state index contributed by atoms with van der Waals surface area (Å²) >= 11 is 1.58. The average Bonchev–Trinajstić information content (AvgIpc) is 3.48. The van der Waals surface area contributed by atoms with E-state index in [9.17, 15) is 9.59 Å². The number of pyridine rings is 1. The summed E-state index contributed by atoms with van der Waals surface area (Å²) in [6.07, 6.45) is 8.66. The van der Waals surface area contributed by atoms with Crippen LogP contribution in [0.4, 0.5) is 0 Å². The van der Waals surface area contributed by atoms with Gasteiger partial charge >= 0.3 is 0 Å². The molecule has 2 amide bonds. The second-order valence-electron chi connectivity index (χ2n) is 9.23. The maximum Gasteiger partial charge on any atom is 0.251 e. The molecule has 7 nitrogen and oxygen atoms in total. The molecule has 1 aromatic carbocycles. The van der Waals surface area contributed by atoms with Crippen molar-refractivity contribution < 1.29 is 9.59 Å². The van der Waals surface area contributed by atoms with Crippen molar-refractivity contribution in [1.29, 1.82) is 0 Å². The second-order valence-corrected chi connectivity index (χ2v) is 10.2. The van der Waals surface area contributed by atoms with E-state index >= 15 is 0 Å². The molecule has 0 bridgehead atoms. The topological polar surface area (TPSA) is 87.2 Å². The Balaban J connectivity index is 1.50. The number of amides is 2. The van der Waals surface area contributed by atoms with Crippen molar-refractivity contribution in [2.45, 2.75) is 56.7 Å². The number of benzene rings is 1. The smallest absolute Gasteiger partial charge is 0.251 e. The molecule has 6 rings (SSSR count). The van der Waals surface area contributed by atoms with Gasteiger partial charge in [-0.3, -0.25) is 14.6 Å². The Kier molecular flexibility index (Phi) is 5.53. The Morgan fingerprint density at radius 3 is 2.88 bits per heavy atom. The highest BCUT2D eigenvalue weighted by Crippen LogP contribution is 2.42. The Hall–Kier alpha value is -3.26. The number of hydrogen-bond donors (Lipinski definition) is 2. The van der Waals surface area contributed by atoms with Crippen molar-refractivity contribution >= 4 is 34.1 Å². The number of nitrogens with one attached hydrogen (secondary N) is 2. The maximum atomic E-state index is 14.0. The van der Waals surface area contributed by atoms with Gasteiger partial charge < -0.3 is 15.5 Å². The van der Waals surface area contributed by atoms with Gasteiger partial charge in [0.2, 0.25) is 5.91 Å². The van der Waals surface area contributed by atoms with Gasteiger partial charge in [-0.1, -0.05) is 37.1 Å². The van der Waals surface area contributed by atoms with Gasteiger partial charge in [0, 0.05) is 53.3 Å². The molecular weight excluding hydrogens is 446 g/mol. The van der Waals surface area contributed by atoms with Gasteiger partial charge in [0.05, 0.1) is 34.7 Å². The van der Waals surface area contributed by atoms with Gasteiger partial charge in [-0.15, -0.1) is 11.3 Å². The molecule has 3 aliphatic rings. The van der Waals surface area contributed by atoms with E-state index in [1.54, 1.807) is 23.7 Å². The first kappa shape index (κ1) is 21.3. The van der Waals surface area contributed by atoms with E-state index in [0.29, 0.717) is 25.0 Å². The minimum absolute atomic E-state index is 0.0277. The molecule has 0 spiro atoms. The first-order chi connectivity index (χ1) is 16.7. The highest BCUT2D eigenvalue weighted by molar-refractivity contribution is 7.09. The largest absolute Gasteiger partial charge is 0.382 e. The predicted molar refractivity (Wildman–Crippen MR) is 131 cm³/mol. The van der Waals surface area contributed by atoms with Crippen LogP contribution in [0.5, 0.6) is 0 Å². The minimum Gasteiger partial charge on any atom is -0.382 e. The molecule has 0 radical (unpaired) electrons. The molecule has 1 saturated carbocycles. The third kappa shape index (κ3) is 3.66.